The number of hydrogen-bond donors (Lipinski definition) is 0. The van der Waals surface area contributed by atoms with Crippen LogP contribution in [0.3, 0.4) is 0 Å². The van der Waals surface area contributed by atoms with E-state index in [1.54, 1.807) is 13.2 Å². The molecule has 1 aliphatic rings. The molecule has 3 nitrogen and oxygen atoms in total. The Morgan fingerprint density at radius 3 is 2.37 bits per heavy atom. The highest BCUT2D eigenvalue weighted by molar-refractivity contribution is 5.54. The minimum Gasteiger partial charge on any atom is -0.496 e. The van der Waals surface area contributed by atoms with E-state index in [1.807, 2.05) is 0 Å². The Morgan fingerprint density at radius 2 is 1.84 bits per heavy atom. The summed E-state index contributed by atoms with van der Waals surface area (Å²) in [5, 5.41) is 0. The quantitative estimate of drug-likeness (QED) is 0.613. The Balaban J connectivity index is 2.73. The predicted octanol–water partition coefficient (Wildman–Crippen LogP) is 3.73. The van der Waals surface area contributed by atoms with Crippen molar-refractivity contribution in [3.63, 3.8) is 0 Å². The third kappa shape index (κ3) is 2.19. The third-order valence-corrected chi connectivity index (χ3v) is 4.35. The van der Waals surface area contributed by atoms with Crippen molar-refractivity contribution in [1.29, 1.82) is 0 Å². The van der Waals surface area contributed by atoms with Crippen LogP contribution in [0, 0.1) is 20.8 Å². The Morgan fingerprint density at radius 1 is 1.21 bits per heavy atom. The van der Waals surface area contributed by atoms with Gasteiger partial charge in [0.1, 0.15) is 11.3 Å². The summed E-state index contributed by atoms with van der Waals surface area (Å²) in [7, 11) is 1.69. The number of aliphatic imine (C=N–C) groups is 1. The lowest BCUT2D eigenvalue weighted by atomic mass is 9.83. The van der Waals surface area contributed by atoms with Gasteiger partial charge < -0.3 is 4.74 Å². The van der Waals surface area contributed by atoms with Crippen LogP contribution in [0.2, 0.25) is 0 Å². The SMILES string of the molecule is COc1c(C)c(C)cc(C)c1C1(N=C=O)CCCC1. The fraction of sp³-hybridized carbons (Fsp3) is 0.562. The van der Waals surface area contributed by atoms with Crippen molar-refractivity contribution in [2.75, 3.05) is 7.11 Å². The van der Waals surface area contributed by atoms with Crippen molar-refractivity contribution in [1.82, 2.24) is 0 Å². The van der Waals surface area contributed by atoms with E-state index >= 15 is 0 Å². The van der Waals surface area contributed by atoms with Crippen molar-refractivity contribution < 1.29 is 9.53 Å². The Kier molecular flexibility index (Phi) is 3.77. The molecule has 1 saturated carbocycles. The monoisotopic (exact) mass is 259 g/mol. The second kappa shape index (κ2) is 5.18. The first kappa shape index (κ1) is 13.8. The van der Waals surface area contributed by atoms with E-state index in [1.165, 1.54) is 5.56 Å². The minimum absolute atomic E-state index is 0.421. The van der Waals surface area contributed by atoms with E-state index in [0.717, 1.165) is 48.1 Å². The van der Waals surface area contributed by atoms with E-state index in [0.29, 0.717) is 0 Å². The van der Waals surface area contributed by atoms with E-state index in [4.69, 9.17) is 4.74 Å². The number of isocyanates is 1. The molecule has 0 saturated heterocycles. The second-order valence-corrected chi connectivity index (χ2v) is 5.49. The van der Waals surface area contributed by atoms with Crippen molar-refractivity contribution in [3.05, 3.63) is 28.3 Å². The smallest absolute Gasteiger partial charge is 0.235 e. The molecule has 0 unspecified atom stereocenters. The lowest BCUT2D eigenvalue weighted by Crippen LogP contribution is -2.22. The number of benzene rings is 1. The lowest BCUT2D eigenvalue weighted by Gasteiger charge is -2.28. The molecule has 0 amide bonds. The maximum atomic E-state index is 10.9. The highest BCUT2D eigenvalue weighted by Gasteiger charge is 2.39. The van der Waals surface area contributed by atoms with Crippen LogP contribution in [0.4, 0.5) is 0 Å². The molecule has 0 atom stereocenters. The summed E-state index contributed by atoms with van der Waals surface area (Å²) >= 11 is 0. The van der Waals surface area contributed by atoms with Gasteiger partial charge in [-0.25, -0.2) is 4.79 Å². The fourth-order valence-corrected chi connectivity index (χ4v) is 3.35. The Bertz CT molecular complexity index is 536. The minimum atomic E-state index is -0.421. The van der Waals surface area contributed by atoms with Gasteiger partial charge in [-0.15, -0.1) is 0 Å². The molecule has 0 aromatic heterocycles. The van der Waals surface area contributed by atoms with Gasteiger partial charge in [-0.1, -0.05) is 18.9 Å². The summed E-state index contributed by atoms with van der Waals surface area (Å²) in [6, 6.07) is 2.16. The maximum Gasteiger partial charge on any atom is 0.235 e. The molecule has 1 aliphatic carbocycles. The van der Waals surface area contributed by atoms with Crippen LogP contribution < -0.4 is 4.74 Å². The average Bonchev–Trinajstić information content (AvgIpc) is 2.83. The zero-order valence-corrected chi connectivity index (χ0v) is 12.2. The lowest BCUT2D eigenvalue weighted by molar-refractivity contribution is 0.375. The molecule has 0 radical (unpaired) electrons. The first-order valence-corrected chi connectivity index (χ1v) is 6.80. The van der Waals surface area contributed by atoms with Gasteiger partial charge in [-0.2, -0.15) is 4.99 Å². The van der Waals surface area contributed by atoms with Crippen molar-refractivity contribution in [3.8, 4) is 5.75 Å². The molecule has 1 fully saturated rings. The van der Waals surface area contributed by atoms with Crippen LogP contribution in [0.15, 0.2) is 11.1 Å². The van der Waals surface area contributed by atoms with Gasteiger partial charge in [0.2, 0.25) is 6.08 Å². The number of rotatable bonds is 3. The summed E-state index contributed by atoms with van der Waals surface area (Å²) in [5.41, 5.74) is 4.16. The van der Waals surface area contributed by atoms with Crippen LogP contribution in [-0.2, 0) is 10.3 Å². The van der Waals surface area contributed by atoms with Gasteiger partial charge >= 0.3 is 0 Å². The molecular weight excluding hydrogens is 238 g/mol. The molecule has 0 N–H and O–H groups in total. The van der Waals surface area contributed by atoms with Crippen LogP contribution >= 0.6 is 0 Å². The van der Waals surface area contributed by atoms with Crippen LogP contribution in [0.25, 0.3) is 0 Å². The van der Waals surface area contributed by atoms with Crippen molar-refractivity contribution >= 4 is 6.08 Å². The van der Waals surface area contributed by atoms with Gasteiger partial charge in [0.25, 0.3) is 0 Å². The number of ether oxygens (including phenoxy) is 1. The normalized spacial score (nSPS) is 17.1. The van der Waals surface area contributed by atoms with Crippen LogP contribution in [0.5, 0.6) is 5.75 Å². The fourth-order valence-electron chi connectivity index (χ4n) is 3.35. The topological polar surface area (TPSA) is 38.7 Å². The molecule has 19 heavy (non-hydrogen) atoms. The molecule has 1 aromatic carbocycles. The third-order valence-electron chi connectivity index (χ3n) is 4.35. The molecule has 3 heteroatoms. The number of methoxy groups -OCH3 is 1. The van der Waals surface area contributed by atoms with Gasteiger partial charge in [-0.05, 0) is 50.3 Å². The molecule has 0 aliphatic heterocycles. The standard InChI is InChI=1S/C16H21NO2/c1-11-9-12(2)14(15(19-4)13(11)3)16(17-10-18)7-5-6-8-16/h9H,5-8H2,1-4H3. The highest BCUT2D eigenvalue weighted by Crippen LogP contribution is 2.48. The molecule has 0 bridgehead atoms. The molecule has 2 rings (SSSR count). The van der Waals surface area contributed by atoms with E-state index in [-0.39, 0.29) is 0 Å². The Labute approximate surface area is 114 Å². The zero-order chi connectivity index (χ0) is 14.0. The first-order chi connectivity index (χ1) is 9.05. The summed E-state index contributed by atoms with van der Waals surface area (Å²) in [5.74, 6) is 0.887. The Hall–Kier alpha value is -1.60. The van der Waals surface area contributed by atoms with E-state index in [9.17, 15) is 4.79 Å². The van der Waals surface area contributed by atoms with Crippen LogP contribution in [0.1, 0.15) is 47.9 Å². The molecule has 102 valence electrons. The summed E-state index contributed by atoms with van der Waals surface area (Å²) in [4.78, 5) is 15.0. The summed E-state index contributed by atoms with van der Waals surface area (Å²) < 4.78 is 5.63. The molecule has 0 spiro atoms. The zero-order valence-electron chi connectivity index (χ0n) is 12.2. The maximum absolute atomic E-state index is 10.9. The molecular formula is C16H21NO2. The van der Waals surface area contributed by atoms with Crippen molar-refractivity contribution in [2.45, 2.75) is 52.0 Å². The molecule has 0 heterocycles. The van der Waals surface area contributed by atoms with Crippen molar-refractivity contribution in [2.24, 2.45) is 4.99 Å². The average molecular weight is 259 g/mol. The van der Waals surface area contributed by atoms with E-state index < -0.39 is 5.54 Å². The number of nitrogens with zero attached hydrogens (tertiary/aromatic N) is 1. The first-order valence-electron chi connectivity index (χ1n) is 6.80. The number of carbonyl (C=O) groups excluding carboxylic acids is 1. The number of aryl methyl sites for hydroxylation is 2. The van der Waals surface area contributed by atoms with Gasteiger partial charge in [0.05, 0.1) is 7.11 Å². The largest absolute Gasteiger partial charge is 0.496 e. The van der Waals surface area contributed by atoms with E-state index in [2.05, 4.69) is 31.8 Å². The number of hydrogen-bond acceptors (Lipinski definition) is 3. The van der Waals surface area contributed by atoms with Crippen LogP contribution in [-0.4, -0.2) is 13.2 Å². The summed E-state index contributed by atoms with van der Waals surface area (Å²) in [6.07, 6.45) is 5.79. The molecule has 1 aromatic rings. The van der Waals surface area contributed by atoms with Gasteiger partial charge in [-0.3, -0.25) is 0 Å². The highest BCUT2D eigenvalue weighted by atomic mass is 16.5. The predicted molar refractivity (Wildman–Crippen MR) is 75.5 cm³/mol. The van der Waals surface area contributed by atoms with Gasteiger partial charge in [0, 0.05) is 5.56 Å². The second-order valence-electron chi connectivity index (χ2n) is 5.49. The summed E-state index contributed by atoms with van der Waals surface area (Å²) in [6.45, 7) is 6.22. The van der Waals surface area contributed by atoms with Gasteiger partial charge in [0.15, 0.2) is 0 Å².